The quantitative estimate of drug-likeness (QED) is 0.794. The largest absolute Gasteiger partial charge is 0.348 e. The summed E-state index contributed by atoms with van der Waals surface area (Å²) < 4.78 is 15.0. The van der Waals surface area contributed by atoms with E-state index >= 15 is 0 Å². The van der Waals surface area contributed by atoms with Crippen LogP contribution in [0.1, 0.15) is 17.9 Å². The van der Waals surface area contributed by atoms with Crippen molar-refractivity contribution >= 4 is 11.8 Å². The second-order valence-corrected chi connectivity index (χ2v) is 7.90. The van der Waals surface area contributed by atoms with E-state index in [-0.39, 0.29) is 18.0 Å². The predicted molar refractivity (Wildman–Crippen MR) is 113 cm³/mol. The lowest BCUT2D eigenvalue weighted by Crippen LogP contribution is -2.50. The van der Waals surface area contributed by atoms with E-state index in [0.29, 0.717) is 18.5 Å². The summed E-state index contributed by atoms with van der Waals surface area (Å²) in [5.74, 6) is -1.58. The molecule has 1 aliphatic rings. The van der Waals surface area contributed by atoms with Crippen molar-refractivity contribution < 1.29 is 14.0 Å². The molecule has 2 N–H and O–H groups in total. The zero-order valence-electron chi connectivity index (χ0n) is 17.4. The number of hydrogen-bond donors (Lipinski definition) is 1. The van der Waals surface area contributed by atoms with Gasteiger partial charge in [-0.15, -0.1) is 0 Å². The van der Waals surface area contributed by atoms with Crippen LogP contribution in [-0.2, 0) is 16.6 Å². The molecule has 160 valence electrons. The molecule has 0 saturated carbocycles. The smallest absolute Gasteiger partial charge is 0.250 e. The van der Waals surface area contributed by atoms with E-state index in [9.17, 15) is 18.8 Å². The first-order valence-electron chi connectivity index (χ1n) is 9.85. The van der Waals surface area contributed by atoms with Gasteiger partial charge in [0.25, 0.3) is 0 Å². The van der Waals surface area contributed by atoms with Crippen molar-refractivity contribution in [1.29, 1.82) is 0 Å². The lowest BCUT2D eigenvalue weighted by molar-refractivity contribution is -0.138. The Morgan fingerprint density at radius 1 is 1.13 bits per heavy atom. The number of aromatic nitrogens is 1. The Morgan fingerprint density at radius 3 is 2.30 bits per heavy atom. The fraction of sp³-hybridized carbons (Fsp3) is 0.409. The Kier molecular flexibility index (Phi) is 6.36. The number of hydrogen-bond acceptors (Lipinski definition) is 4. The molecule has 1 aromatic carbocycles. The van der Waals surface area contributed by atoms with Crippen molar-refractivity contribution in [1.82, 2.24) is 14.4 Å². The summed E-state index contributed by atoms with van der Waals surface area (Å²) in [5.41, 5.74) is 8.47. The summed E-state index contributed by atoms with van der Waals surface area (Å²) in [7, 11) is 4.90. The average Bonchev–Trinajstić information content (AvgIpc) is 3.16. The van der Waals surface area contributed by atoms with Gasteiger partial charge in [-0.05, 0) is 29.2 Å². The van der Waals surface area contributed by atoms with Gasteiger partial charge in [-0.25, -0.2) is 4.39 Å². The summed E-state index contributed by atoms with van der Waals surface area (Å²) in [5, 5.41) is 0. The molecule has 0 aliphatic carbocycles. The van der Waals surface area contributed by atoms with Gasteiger partial charge in [0.15, 0.2) is 0 Å². The van der Waals surface area contributed by atoms with E-state index in [2.05, 4.69) is 0 Å². The van der Waals surface area contributed by atoms with Crippen LogP contribution in [0, 0.1) is 0 Å². The minimum atomic E-state index is -1.10. The van der Waals surface area contributed by atoms with Crippen LogP contribution < -0.4 is 11.3 Å². The number of alkyl halides is 1. The minimum Gasteiger partial charge on any atom is -0.348 e. The first-order valence-corrected chi connectivity index (χ1v) is 9.85. The fourth-order valence-electron chi connectivity index (χ4n) is 3.70. The normalized spacial score (nSPS) is 18.2. The van der Waals surface area contributed by atoms with Gasteiger partial charge in [-0.2, -0.15) is 0 Å². The molecule has 1 saturated heterocycles. The first kappa shape index (κ1) is 21.7. The van der Waals surface area contributed by atoms with Crippen molar-refractivity contribution in [2.75, 3.05) is 27.2 Å². The average molecular weight is 414 g/mol. The molecule has 30 heavy (non-hydrogen) atoms. The van der Waals surface area contributed by atoms with Gasteiger partial charge < -0.3 is 20.1 Å². The number of rotatable bonds is 5. The summed E-state index contributed by atoms with van der Waals surface area (Å²) in [4.78, 5) is 40.1. The van der Waals surface area contributed by atoms with Crippen LogP contribution in [-0.4, -0.2) is 65.6 Å². The van der Waals surface area contributed by atoms with E-state index < -0.39 is 24.0 Å². The zero-order chi connectivity index (χ0) is 22.0. The molecule has 1 aliphatic heterocycles. The first-order chi connectivity index (χ1) is 14.2. The van der Waals surface area contributed by atoms with Crippen molar-refractivity contribution in [3.8, 4) is 11.1 Å². The minimum absolute atomic E-state index is 0.0150. The summed E-state index contributed by atoms with van der Waals surface area (Å²) >= 11 is 0. The van der Waals surface area contributed by atoms with Crippen LogP contribution >= 0.6 is 0 Å². The molecule has 2 heterocycles. The topological polar surface area (TPSA) is 88.6 Å². The van der Waals surface area contributed by atoms with Gasteiger partial charge in [0.1, 0.15) is 12.2 Å². The maximum atomic E-state index is 13.5. The number of pyridine rings is 1. The standard InChI is InChI=1S/C22H27FN4O3/c1-25(2)21(29)19(20(24)22(30)27-11-10-17(23)13-27)15-6-4-14(5-7-15)16-8-9-18(28)26(3)12-16/h4-9,12,17,19-20H,10-11,13,24H2,1-3H3/t17-,19-,20-/m0/s1. The second kappa shape index (κ2) is 8.79. The zero-order valence-corrected chi connectivity index (χ0v) is 17.4. The van der Waals surface area contributed by atoms with Gasteiger partial charge in [0.2, 0.25) is 17.4 Å². The van der Waals surface area contributed by atoms with Crippen molar-refractivity contribution in [3.05, 3.63) is 58.5 Å². The molecule has 0 radical (unpaired) electrons. The van der Waals surface area contributed by atoms with E-state index in [0.717, 1.165) is 11.1 Å². The SMILES string of the molecule is CN(C)C(=O)[C@@H](c1ccc(-c2ccc(=O)n(C)c2)cc1)[C@H](N)C(=O)N1CC[C@H](F)C1. The number of likely N-dealkylation sites (N-methyl/N-ethyl adjacent to an activating group) is 1. The van der Waals surface area contributed by atoms with E-state index in [4.69, 9.17) is 5.73 Å². The molecular weight excluding hydrogens is 387 g/mol. The van der Waals surface area contributed by atoms with Gasteiger partial charge in [-0.3, -0.25) is 14.4 Å². The monoisotopic (exact) mass is 414 g/mol. The Labute approximate surface area is 174 Å². The molecule has 8 heteroatoms. The van der Waals surface area contributed by atoms with Crippen molar-refractivity contribution in [3.63, 3.8) is 0 Å². The number of nitrogens with two attached hydrogens (primary N) is 1. The van der Waals surface area contributed by atoms with E-state index in [1.807, 2.05) is 12.1 Å². The Balaban J connectivity index is 1.90. The Bertz CT molecular complexity index is 987. The van der Waals surface area contributed by atoms with Gasteiger partial charge in [-0.1, -0.05) is 24.3 Å². The maximum absolute atomic E-state index is 13.5. The molecular formula is C22H27FN4O3. The fourth-order valence-corrected chi connectivity index (χ4v) is 3.70. The van der Waals surface area contributed by atoms with Crippen LogP contribution in [0.25, 0.3) is 11.1 Å². The molecule has 7 nitrogen and oxygen atoms in total. The van der Waals surface area contributed by atoms with Gasteiger partial charge in [0.05, 0.1) is 12.5 Å². The summed E-state index contributed by atoms with van der Waals surface area (Å²) in [6.45, 7) is 0.323. The lowest BCUT2D eigenvalue weighted by atomic mass is 9.88. The number of benzene rings is 1. The molecule has 2 aromatic rings. The van der Waals surface area contributed by atoms with Crippen molar-refractivity contribution in [2.45, 2.75) is 24.6 Å². The molecule has 0 unspecified atom stereocenters. The molecule has 2 amide bonds. The van der Waals surface area contributed by atoms with Gasteiger partial charge >= 0.3 is 0 Å². The Morgan fingerprint density at radius 2 is 1.77 bits per heavy atom. The highest BCUT2D eigenvalue weighted by Crippen LogP contribution is 2.27. The summed E-state index contributed by atoms with van der Waals surface area (Å²) in [6, 6.07) is 9.31. The maximum Gasteiger partial charge on any atom is 0.250 e. The number of halogens is 1. The van der Waals surface area contributed by atoms with Crippen LogP contribution in [0.3, 0.4) is 0 Å². The van der Waals surface area contributed by atoms with Crippen LogP contribution in [0.4, 0.5) is 4.39 Å². The van der Waals surface area contributed by atoms with Crippen LogP contribution in [0.5, 0.6) is 0 Å². The second-order valence-electron chi connectivity index (χ2n) is 7.90. The molecule has 0 spiro atoms. The third kappa shape index (κ3) is 4.43. The Hall–Kier alpha value is -3.00. The van der Waals surface area contributed by atoms with Crippen LogP contribution in [0.2, 0.25) is 0 Å². The number of carbonyl (C=O) groups is 2. The van der Waals surface area contributed by atoms with E-state index in [1.165, 1.54) is 20.4 Å². The highest BCUT2D eigenvalue weighted by Gasteiger charge is 2.37. The molecule has 0 bridgehead atoms. The number of nitrogens with zero attached hydrogens (tertiary/aromatic N) is 3. The predicted octanol–water partition coefficient (Wildman–Crippen LogP) is 1.12. The lowest BCUT2D eigenvalue weighted by Gasteiger charge is -2.28. The molecule has 1 aromatic heterocycles. The number of carbonyl (C=O) groups excluding carboxylic acids is 2. The highest BCUT2D eigenvalue weighted by atomic mass is 19.1. The van der Waals surface area contributed by atoms with Crippen LogP contribution in [0.15, 0.2) is 47.4 Å². The van der Waals surface area contributed by atoms with Crippen molar-refractivity contribution in [2.24, 2.45) is 12.8 Å². The number of likely N-dealkylation sites (tertiary alicyclic amines) is 1. The third-order valence-corrected chi connectivity index (χ3v) is 5.48. The summed E-state index contributed by atoms with van der Waals surface area (Å²) in [6.07, 6.45) is 0.972. The highest BCUT2D eigenvalue weighted by molar-refractivity contribution is 5.93. The third-order valence-electron chi connectivity index (χ3n) is 5.48. The molecule has 1 fully saturated rings. The molecule has 3 rings (SSSR count). The van der Waals surface area contributed by atoms with Gasteiger partial charge in [0, 0.05) is 40.0 Å². The number of aryl methyl sites for hydroxylation is 1. The number of amides is 2. The molecule has 3 atom stereocenters. The van der Waals surface area contributed by atoms with E-state index in [1.54, 1.807) is 45.5 Å².